The normalized spacial score (nSPS) is 22.2. The van der Waals surface area contributed by atoms with Crippen molar-refractivity contribution < 1.29 is 0 Å². The molecule has 0 amide bonds. The molecule has 5 nitrogen and oxygen atoms in total. The number of hydrogen-bond donors (Lipinski definition) is 0. The molecule has 0 aromatic carbocycles. The topological polar surface area (TPSA) is 52.7 Å². The largest absolute Gasteiger partial charge is 0.246 e. The molecule has 0 fully saturated rings. The Labute approximate surface area is 74.2 Å². The highest BCUT2D eigenvalue weighted by molar-refractivity contribution is 6.15. The maximum atomic E-state index is 4.10. The molecule has 5 heteroatoms. The van der Waals surface area contributed by atoms with Crippen LogP contribution in [0.3, 0.4) is 0 Å². The molecule has 13 heavy (non-hydrogen) atoms. The standard InChI is InChI=1S/C8H5N5/c1-3-9-8-10-4-2-7-12-5-11-6(1)13(7)8/h1-5H. The van der Waals surface area contributed by atoms with Gasteiger partial charge in [0.2, 0.25) is 5.96 Å². The van der Waals surface area contributed by atoms with E-state index in [-0.39, 0.29) is 0 Å². The predicted molar refractivity (Wildman–Crippen MR) is 50.9 cm³/mol. The van der Waals surface area contributed by atoms with Gasteiger partial charge in [0.25, 0.3) is 0 Å². The highest BCUT2D eigenvalue weighted by Gasteiger charge is 2.25. The van der Waals surface area contributed by atoms with E-state index < -0.39 is 0 Å². The summed E-state index contributed by atoms with van der Waals surface area (Å²) in [5.74, 6) is 2.24. The highest BCUT2D eigenvalue weighted by Crippen LogP contribution is 2.18. The molecule has 0 spiro atoms. The third kappa shape index (κ3) is 0.807. The fraction of sp³-hybridized carbons (Fsp3) is 0. The average molecular weight is 171 g/mol. The molecule has 0 unspecified atom stereocenters. The molecule has 0 atom stereocenters. The van der Waals surface area contributed by atoms with E-state index >= 15 is 0 Å². The summed E-state index contributed by atoms with van der Waals surface area (Å²) in [7, 11) is 0. The van der Waals surface area contributed by atoms with Gasteiger partial charge >= 0.3 is 0 Å². The lowest BCUT2D eigenvalue weighted by atomic mass is 10.3. The van der Waals surface area contributed by atoms with Crippen molar-refractivity contribution in [2.24, 2.45) is 20.0 Å². The Morgan fingerprint density at radius 3 is 3.15 bits per heavy atom. The van der Waals surface area contributed by atoms with Crippen LogP contribution in [-0.4, -0.2) is 29.2 Å². The lowest BCUT2D eigenvalue weighted by molar-refractivity contribution is 0.715. The second-order valence-electron chi connectivity index (χ2n) is 2.62. The summed E-state index contributed by atoms with van der Waals surface area (Å²) >= 11 is 0. The van der Waals surface area contributed by atoms with Crippen LogP contribution in [0.5, 0.6) is 0 Å². The predicted octanol–water partition coefficient (Wildman–Crippen LogP) is 0.538. The summed E-state index contributed by atoms with van der Waals surface area (Å²) in [6.07, 6.45) is 8.55. The molecular weight excluding hydrogens is 166 g/mol. The van der Waals surface area contributed by atoms with Crippen molar-refractivity contribution in [3.8, 4) is 0 Å². The van der Waals surface area contributed by atoms with E-state index in [2.05, 4.69) is 20.0 Å². The van der Waals surface area contributed by atoms with Crippen LogP contribution in [0.15, 0.2) is 44.1 Å². The number of nitrogens with zero attached hydrogens (tertiary/aromatic N) is 5. The van der Waals surface area contributed by atoms with Crippen molar-refractivity contribution in [2.75, 3.05) is 0 Å². The number of allylic oxidation sites excluding steroid dienone is 1. The summed E-state index contributed by atoms with van der Waals surface area (Å²) < 4.78 is 0. The molecule has 0 N–H and O–H groups in total. The maximum Gasteiger partial charge on any atom is 0.236 e. The Balaban J connectivity index is 2.23. The molecule has 0 radical (unpaired) electrons. The monoisotopic (exact) mass is 171 g/mol. The van der Waals surface area contributed by atoms with E-state index in [1.54, 1.807) is 17.3 Å². The van der Waals surface area contributed by atoms with Gasteiger partial charge in [-0.2, -0.15) is 0 Å². The fourth-order valence-electron chi connectivity index (χ4n) is 1.31. The second kappa shape index (κ2) is 2.22. The Kier molecular flexibility index (Phi) is 1.11. The summed E-state index contributed by atoms with van der Waals surface area (Å²) in [6, 6.07) is 0. The van der Waals surface area contributed by atoms with Gasteiger partial charge in [-0.25, -0.2) is 24.9 Å². The van der Waals surface area contributed by atoms with Crippen LogP contribution < -0.4 is 0 Å². The van der Waals surface area contributed by atoms with Crippen LogP contribution in [0.2, 0.25) is 0 Å². The van der Waals surface area contributed by atoms with Crippen LogP contribution >= 0.6 is 0 Å². The first kappa shape index (κ1) is 6.47. The molecule has 0 saturated carbocycles. The van der Waals surface area contributed by atoms with Crippen molar-refractivity contribution >= 4 is 24.3 Å². The molecule has 0 aromatic heterocycles. The second-order valence-corrected chi connectivity index (χ2v) is 2.62. The van der Waals surface area contributed by atoms with E-state index in [9.17, 15) is 0 Å². The number of rotatable bonds is 0. The highest BCUT2D eigenvalue weighted by atomic mass is 15.4. The lowest BCUT2D eigenvalue weighted by Gasteiger charge is -2.28. The first-order chi connectivity index (χ1) is 6.45. The minimum Gasteiger partial charge on any atom is -0.246 e. The van der Waals surface area contributed by atoms with Crippen LogP contribution in [0, 0.1) is 0 Å². The Hall–Kier alpha value is -2.04. The van der Waals surface area contributed by atoms with E-state index in [1.807, 2.05) is 12.2 Å². The third-order valence-electron chi connectivity index (χ3n) is 1.87. The van der Waals surface area contributed by atoms with Crippen LogP contribution in [0.4, 0.5) is 0 Å². The van der Waals surface area contributed by atoms with Gasteiger partial charge in [-0.3, -0.25) is 0 Å². The summed E-state index contributed by atoms with van der Waals surface area (Å²) in [6.45, 7) is 0. The number of aliphatic imine (C=N–C) groups is 4. The molecule has 0 saturated heterocycles. The molecule has 0 bridgehead atoms. The van der Waals surface area contributed by atoms with Gasteiger partial charge in [-0.05, 0) is 12.2 Å². The van der Waals surface area contributed by atoms with Crippen molar-refractivity contribution in [3.05, 3.63) is 24.2 Å². The van der Waals surface area contributed by atoms with E-state index in [0.717, 1.165) is 11.7 Å². The maximum absolute atomic E-state index is 4.10. The van der Waals surface area contributed by atoms with Crippen molar-refractivity contribution in [3.63, 3.8) is 0 Å². The molecular formula is C8H5N5. The minimum absolute atomic E-state index is 0.621. The molecule has 3 aliphatic rings. The van der Waals surface area contributed by atoms with Gasteiger partial charge in [0.1, 0.15) is 18.0 Å². The first-order valence-corrected chi connectivity index (χ1v) is 3.84. The van der Waals surface area contributed by atoms with Gasteiger partial charge < -0.3 is 0 Å². The summed E-state index contributed by atoms with van der Waals surface area (Å²) in [4.78, 5) is 18.2. The zero-order valence-electron chi connectivity index (χ0n) is 6.62. The zero-order valence-corrected chi connectivity index (χ0v) is 6.62. The first-order valence-electron chi connectivity index (χ1n) is 3.84. The van der Waals surface area contributed by atoms with Gasteiger partial charge in [0, 0.05) is 12.4 Å². The van der Waals surface area contributed by atoms with Gasteiger partial charge in [-0.15, -0.1) is 0 Å². The minimum atomic E-state index is 0.621. The molecule has 3 heterocycles. The number of guanidine groups is 1. The van der Waals surface area contributed by atoms with Crippen LogP contribution in [0.25, 0.3) is 0 Å². The average Bonchev–Trinajstić information content (AvgIpc) is 2.19. The lowest BCUT2D eigenvalue weighted by Crippen LogP contribution is -2.38. The molecule has 0 aromatic rings. The van der Waals surface area contributed by atoms with E-state index in [1.165, 1.54) is 6.34 Å². The van der Waals surface area contributed by atoms with Crippen molar-refractivity contribution in [1.82, 2.24) is 4.90 Å². The summed E-state index contributed by atoms with van der Waals surface area (Å²) in [5, 5.41) is 0. The SMILES string of the molecule is C1=CC2=NC=NC3=CC=NC(=N1)N32. The van der Waals surface area contributed by atoms with Crippen molar-refractivity contribution in [1.29, 1.82) is 0 Å². The van der Waals surface area contributed by atoms with Gasteiger partial charge in [0.15, 0.2) is 0 Å². The summed E-state index contributed by atoms with van der Waals surface area (Å²) in [5.41, 5.74) is 0. The third-order valence-corrected chi connectivity index (χ3v) is 1.87. The Morgan fingerprint density at radius 1 is 1.15 bits per heavy atom. The molecule has 3 rings (SSSR count). The molecule has 62 valence electrons. The molecule has 0 aliphatic carbocycles. The quantitative estimate of drug-likeness (QED) is 0.524. The Bertz CT molecular complexity index is 369. The smallest absolute Gasteiger partial charge is 0.236 e. The van der Waals surface area contributed by atoms with E-state index in [0.29, 0.717) is 5.96 Å². The van der Waals surface area contributed by atoms with Gasteiger partial charge in [0.05, 0.1) is 0 Å². The van der Waals surface area contributed by atoms with Crippen LogP contribution in [-0.2, 0) is 0 Å². The van der Waals surface area contributed by atoms with Gasteiger partial charge in [-0.1, -0.05) is 0 Å². The van der Waals surface area contributed by atoms with Crippen molar-refractivity contribution in [2.45, 2.75) is 0 Å². The number of hydrogen-bond acceptors (Lipinski definition) is 5. The fourth-order valence-corrected chi connectivity index (χ4v) is 1.31. The van der Waals surface area contributed by atoms with E-state index in [4.69, 9.17) is 0 Å². The Morgan fingerprint density at radius 2 is 2.15 bits per heavy atom. The van der Waals surface area contributed by atoms with Crippen LogP contribution in [0.1, 0.15) is 0 Å². The number of amidine groups is 1. The zero-order chi connectivity index (χ0) is 8.67. The molecule has 3 aliphatic heterocycles.